The van der Waals surface area contributed by atoms with Crippen LogP contribution in [0.4, 0.5) is 5.69 Å². The average Bonchev–Trinajstić information content (AvgIpc) is 2.81. The van der Waals surface area contributed by atoms with Gasteiger partial charge in [-0.2, -0.15) is 16.5 Å². The van der Waals surface area contributed by atoms with Gasteiger partial charge < -0.3 is 10.1 Å². The van der Waals surface area contributed by atoms with Crippen LogP contribution in [0.1, 0.15) is 45.1 Å². The summed E-state index contributed by atoms with van der Waals surface area (Å²) in [5, 5.41) is 2.83. The van der Waals surface area contributed by atoms with Gasteiger partial charge in [-0.1, -0.05) is 50.2 Å². The zero-order valence-corrected chi connectivity index (χ0v) is 21.0. The number of carbonyl (C=O) groups is 2. The van der Waals surface area contributed by atoms with Gasteiger partial charge in [0, 0.05) is 5.69 Å². The predicted octanol–water partition coefficient (Wildman–Crippen LogP) is 4.17. The topological polar surface area (TPSA) is 102 Å². The number of carbonyl (C=O) groups excluding carboxylic acids is 2. The molecule has 0 aliphatic heterocycles. The number of ether oxygens (including phenoxy) is 1. The van der Waals surface area contributed by atoms with Gasteiger partial charge in [-0.25, -0.2) is 8.42 Å². The highest BCUT2D eigenvalue weighted by molar-refractivity contribution is 7.98. The maximum absolute atomic E-state index is 12.8. The van der Waals surface area contributed by atoms with Crippen LogP contribution in [-0.2, 0) is 24.3 Å². The number of anilines is 1. The molecule has 3 atom stereocenters. The Morgan fingerprint density at radius 1 is 1.03 bits per heavy atom. The molecule has 9 heteroatoms. The number of nitrogens with one attached hydrogen (secondary N) is 2. The molecule has 0 spiro atoms. The maximum atomic E-state index is 12.8. The highest BCUT2D eigenvalue weighted by Gasteiger charge is 2.29. The third-order valence-corrected chi connectivity index (χ3v) is 7.40. The van der Waals surface area contributed by atoms with Gasteiger partial charge in [0.05, 0.1) is 4.90 Å². The lowest BCUT2D eigenvalue weighted by Gasteiger charge is -2.21. The summed E-state index contributed by atoms with van der Waals surface area (Å²) in [6.45, 7) is 5.61. The van der Waals surface area contributed by atoms with Crippen LogP contribution in [0, 0.1) is 0 Å². The summed E-state index contributed by atoms with van der Waals surface area (Å²) in [6.07, 6.45) is 1.91. The second-order valence-electron chi connectivity index (χ2n) is 7.73. The molecule has 0 aliphatic rings. The molecule has 33 heavy (non-hydrogen) atoms. The molecular formula is C24H32N2O5S2. The summed E-state index contributed by atoms with van der Waals surface area (Å²) in [5.41, 5.74) is 1.67. The molecule has 1 amide bonds. The molecule has 2 aromatic rings. The first-order valence-electron chi connectivity index (χ1n) is 10.9. The third-order valence-electron chi connectivity index (χ3n) is 5.27. The second-order valence-corrected chi connectivity index (χ2v) is 10.4. The molecular weight excluding hydrogens is 460 g/mol. The number of hydrogen-bond donors (Lipinski definition) is 2. The van der Waals surface area contributed by atoms with Crippen molar-refractivity contribution in [3.8, 4) is 0 Å². The number of thioether (sulfide) groups is 1. The molecule has 0 aromatic heterocycles. The van der Waals surface area contributed by atoms with E-state index in [4.69, 9.17) is 4.74 Å². The number of hydrogen-bond acceptors (Lipinski definition) is 6. The molecule has 180 valence electrons. The van der Waals surface area contributed by atoms with Crippen molar-refractivity contribution in [2.45, 2.75) is 56.6 Å². The molecule has 0 bridgehead atoms. The fourth-order valence-corrected chi connectivity index (χ4v) is 4.83. The lowest BCUT2D eigenvalue weighted by atomic mass is 9.97. The average molecular weight is 493 g/mol. The Balaban J connectivity index is 2.10. The van der Waals surface area contributed by atoms with E-state index in [0.29, 0.717) is 11.4 Å². The van der Waals surface area contributed by atoms with E-state index in [1.165, 1.54) is 30.8 Å². The minimum absolute atomic E-state index is 0.0550. The van der Waals surface area contributed by atoms with Crippen molar-refractivity contribution in [1.82, 2.24) is 4.72 Å². The van der Waals surface area contributed by atoms with Crippen LogP contribution in [0.3, 0.4) is 0 Å². The van der Waals surface area contributed by atoms with E-state index >= 15 is 0 Å². The largest absolute Gasteiger partial charge is 0.451 e. The second kappa shape index (κ2) is 12.8. The zero-order chi connectivity index (χ0) is 24.4. The molecule has 0 fully saturated rings. The van der Waals surface area contributed by atoms with E-state index in [-0.39, 0.29) is 17.2 Å². The molecule has 0 radical (unpaired) electrons. The normalized spacial score (nSPS) is 14.2. The van der Waals surface area contributed by atoms with Crippen LogP contribution < -0.4 is 10.0 Å². The van der Waals surface area contributed by atoms with Crippen molar-refractivity contribution in [2.75, 3.05) is 17.3 Å². The molecule has 7 nitrogen and oxygen atoms in total. The SMILES string of the molecule is CCC(C)c1ccccc1NC(=O)C(C)OC(=O)C(CCSC)NS(=O)(=O)c1ccccc1. The van der Waals surface area contributed by atoms with E-state index in [0.717, 1.165) is 12.0 Å². The first-order chi connectivity index (χ1) is 15.7. The van der Waals surface area contributed by atoms with Crippen LogP contribution in [0.2, 0.25) is 0 Å². The van der Waals surface area contributed by atoms with Gasteiger partial charge in [0.2, 0.25) is 10.0 Å². The molecule has 0 aliphatic carbocycles. The Morgan fingerprint density at radius 2 is 1.67 bits per heavy atom. The summed E-state index contributed by atoms with van der Waals surface area (Å²) in [6, 6.07) is 14.2. The molecule has 2 aromatic carbocycles. The van der Waals surface area contributed by atoms with Crippen molar-refractivity contribution < 1.29 is 22.7 Å². The Hall–Kier alpha value is -2.36. The third kappa shape index (κ3) is 7.87. The minimum atomic E-state index is -3.92. The first-order valence-corrected chi connectivity index (χ1v) is 13.7. The van der Waals surface area contributed by atoms with Gasteiger partial charge in [0.15, 0.2) is 6.10 Å². The number of sulfonamides is 1. The Morgan fingerprint density at radius 3 is 2.30 bits per heavy atom. The van der Waals surface area contributed by atoms with E-state index in [2.05, 4.69) is 23.9 Å². The lowest BCUT2D eigenvalue weighted by molar-refractivity contribution is -0.154. The number of para-hydroxylation sites is 1. The number of benzene rings is 2. The lowest BCUT2D eigenvalue weighted by Crippen LogP contribution is -2.44. The van der Waals surface area contributed by atoms with Gasteiger partial charge in [0.25, 0.3) is 5.91 Å². The summed E-state index contributed by atoms with van der Waals surface area (Å²) < 4.78 is 33.2. The van der Waals surface area contributed by atoms with E-state index in [1.807, 2.05) is 30.5 Å². The number of amides is 1. The van der Waals surface area contributed by atoms with Gasteiger partial charge in [-0.05, 0) is 61.5 Å². The van der Waals surface area contributed by atoms with Gasteiger partial charge >= 0.3 is 5.97 Å². The first kappa shape index (κ1) is 26.9. The number of esters is 1. The van der Waals surface area contributed by atoms with E-state index in [1.54, 1.807) is 18.2 Å². The van der Waals surface area contributed by atoms with Crippen molar-refractivity contribution in [1.29, 1.82) is 0 Å². The minimum Gasteiger partial charge on any atom is -0.451 e. The molecule has 0 saturated heterocycles. The van der Waals surface area contributed by atoms with E-state index < -0.39 is 34.0 Å². The predicted molar refractivity (Wildman–Crippen MR) is 133 cm³/mol. The molecule has 2 N–H and O–H groups in total. The van der Waals surface area contributed by atoms with Gasteiger partial charge in [-0.3, -0.25) is 9.59 Å². The maximum Gasteiger partial charge on any atom is 0.324 e. The van der Waals surface area contributed by atoms with Crippen molar-refractivity contribution in [3.63, 3.8) is 0 Å². The highest BCUT2D eigenvalue weighted by Crippen LogP contribution is 2.26. The zero-order valence-electron chi connectivity index (χ0n) is 19.4. The summed E-state index contributed by atoms with van der Waals surface area (Å²) in [5.74, 6) is -0.474. The van der Waals surface area contributed by atoms with Gasteiger partial charge in [-0.15, -0.1) is 0 Å². The Bertz CT molecular complexity index is 1030. The van der Waals surface area contributed by atoms with Crippen molar-refractivity contribution in [2.24, 2.45) is 0 Å². The van der Waals surface area contributed by atoms with Gasteiger partial charge in [0.1, 0.15) is 6.04 Å². The molecule has 2 rings (SSSR count). The monoisotopic (exact) mass is 492 g/mol. The van der Waals surface area contributed by atoms with E-state index in [9.17, 15) is 18.0 Å². The smallest absolute Gasteiger partial charge is 0.324 e. The van der Waals surface area contributed by atoms with Crippen molar-refractivity contribution in [3.05, 3.63) is 60.2 Å². The molecule has 0 saturated carbocycles. The standard InChI is InChI=1S/C24H32N2O5S2/c1-5-17(2)20-13-9-10-14-21(20)25-23(27)18(3)31-24(28)22(15-16-32-4)26-33(29,30)19-11-7-6-8-12-19/h6-14,17-18,22,26H,5,15-16H2,1-4H3,(H,25,27). The number of rotatable bonds is 12. The van der Waals surface area contributed by atoms with Crippen LogP contribution in [-0.4, -0.2) is 44.4 Å². The van der Waals surface area contributed by atoms with Crippen LogP contribution in [0.5, 0.6) is 0 Å². The highest BCUT2D eigenvalue weighted by atomic mass is 32.2. The fraction of sp³-hybridized carbons (Fsp3) is 0.417. The fourth-order valence-electron chi connectivity index (χ4n) is 3.12. The van der Waals surface area contributed by atoms with Crippen LogP contribution in [0.15, 0.2) is 59.5 Å². The Kier molecular flexibility index (Phi) is 10.4. The molecule has 3 unspecified atom stereocenters. The summed E-state index contributed by atoms with van der Waals surface area (Å²) >= 11 is 1.48. The molecule has 0 heterocycles. The summed E-state index contributed by atoms with van der Waals surface area (Å²) in [7, 11) is -3.92. The van der Waals surface area contributed by atoms with Crippen molar-refractivity contribution >= 4 is 39.3 Å². The Labute approximate surface area is 200 Å². The quantitative estimate of drug-likeness (QED) is 0.431. The summed E-state index contributed by atoms with van der Waals surface area (Å²) in [4.78, 5) is 25.6. The van der Waals surface area contributed by atoms with Crippen LogP contribution in [0.25, 0.3) is 0 Å². The van der Waals surface area contributed by atoms with Crippen LogP contribution >= 0.6 is 11.8 Å².